The predicted molar refractivity (Wildman–Crippen MR) is 44.4 cm³/mol. The van der Waals surface area contributed by atoms with Gasteiger partial charge in [0.05, 0.1) is 0 Å². The first-order valence-corrected chi connectivity index (χ1v) is 3.01. The molecule has 0 aliphatic heterocycles. The average Bonchev–Trinajstić information content (AvgIpc) is 1.86. The van der Waals surface area contributed by atoms with E-state index in [-0.39, 0.29) is 40.6 Å². The van der Waals surface area contributed by atoms with Gasteiger partial charge in [0.2, 0.25) is 0 Å². The van der Waals surface area contributed by atoms with Crippen molar-refractivity contribution in [1.82, 2.24) is 4.90 Å². The quantitative estimate of drug-likeness (QED) is 0.310. The van der Waals surface area contributed by atoms with Crippen LogP contribution in [-0.2, 0) is 4.79 Å². The average molecular weight is 231 g/mol. The van der Waals surface area contributed by atoms with Gasteiger partial charge in [0.15, 0.2) is 6.67 Å². The predicted octanol–water partition coefficient (Wildman–Crippen LogP) is 1.46. The van der Waals surface area contributed by atoms with Crippen LogP contribution in [0, 0.1) is 0 Å². The second kappa shape index (κ2) is 9.18. The minimum absolute atomic E-state index is 0. The van der Waals surface area contributed by atoms with Gasteiger partial charge in [-0.15, -0.1) is 0 Å². The topological polar surface area (TPSA) is 20.3 Å². The zero-order valence-corrected chi connectivity index (χ0v) is 9.99. The SMILES string of the molecule is CC(=O)F.CN(C)C(F)(F)CF.[Ca+2].[H-].[H-]. The van der Waals surface area contributed by atoms with Crippen molar-refractivity contribution in [2.45, 2.75) is 13.0 Å². The van der Waals surface area contributed by atoms with Gasteiger partial charge in [-0.05, 0) is 14.1 Å². The van der Waals surface area contributed by atoms with Crippen LogP contribution in [0.5, 0.6) is 0 Å². The summed E-state index contributed by atoms with van der Waals surface area (Å²) >= 11 is 0. The zero-order chi connectivity index (χ0) is 10.4. The molecule has 0 atom stereocenters. The second-order valence-corrected chi connectivity index (χ2v) is 2.16. The molecule has 0 unspecified atom stereocenters. The molecule has 2 nitrogen and oxygen atoms in total. The normalized spacial score (nSPS) is 9.85. The Hall–Kier alpha value is 0.610. The van der Waals surface area contributed by atoms with Crippen LogP contribution in [0.15, 0.2) is 0 Å². The number of hydrogen-bond donors (Lipinski definition) is 0. The monoisotopic (exact) mass is 231 g/mol. The fourth-order valence-corrected chi connectivity index (χ4v) is 0.120. The number of hydrogen-bond acceptors (Lipinski definition) is 2. The van der Waals surface area contributed by atoms with Gasteiger partial charge < -0.3 is 2.85 Å². The Labute approximate surface area is 107 Å². The third-order valence-electron chi connectivity index (χ3n) is 0.815. The molecule has 0 bridgehead atoms. The molecule has 0 aromatic rings. The van der Waals surface area contributed by atoms with Gasteiger partial charge in [-0.1, -0.05) is 0 Å². The first-order valence-electron chi connectivity index (χ1n) is 3.01. The Morgan fingerprint density at radius 1 is 1.46 bits per heavy atom. The van der Waals surface area contributed by atoms with Crippen molar-refractivity contribution in [2.24, 2.45) is 0 Å². The summed E-state index contributed by atoms with van der Waals surface area (Å²) in [6.07, 6.45) is 0. The number of halogens is 4. The molecule has 0 aromatic carbocycles. The van der Waals surface area contributed by atoms with E-state index in [4.69, 9.17) is 4.79 Å². The number of rotatable bonds is 2. The van der Waals surface area contributed by atoms with E-state index in [1.807, 2.05) is 0 Å². The van der Waals surface area contributed by atoms with E-state index in [2.05, 4.69) is 0 Å². The van der Waals surface area contributed by atoms with E-state index >= 15 is 0 Å². The third-order valence-corrected chi connectivity index (χ3v) is 0.815. The molecule has 0 saturated carbocycles. The summed E-state index contributed by atoms with van der Waals surface area (Å²) in [5, 5.41) is 0. The first kappa shape index (κ1) is 19.2. The van der Waals surface area contributed by atoms with Gasteiger partial charge in [0.1, 0.15) is 0 Å². The summed E-state index contributed by atoms with van der Waals surface area (Å²) in [6.45, 7) is -0.764. The fraction of sp³-hybridized carbons (Fsp3) is 0.833. The van der Waals surface area contributed by atoms with Crippen LogP contribution in [-0.4, -0.2) is 75.5 Å². The third kappa shape index (κ3) is 15.4. The summed E-state index contributed by atoms with van der Waals surface area (Å²) in [4.78, 5) is 9.31. The Kier molecular flexibility index (Phi) is 13.6. The zero-order valence-electron chi connectivity index (χ0n) is 9.78. The van der Waals surface area contributed by atoms with E-state index in [0.717, 1.165) is 21.0 Å². The van der Waals surface area contributed by atoms with Crippen LogP contribution >= 0.6 is 0 Å². The molecular weight excluding hydrogens is 218 g/mol. The standard InChI is InChI=1S/C4H8F3N.C2H3FO.Ca.2H/c1-8(2)4(6,7)3-5;1-2(3)4;;;/h3H2,1-2H3;1H3;;;/q;;+2;2*-1. The van der Waals surface area contributed by atoms with Crippen LogP contribution in [0.3, 0.4) is 0 Å². The smallest absolute Gasteiger partial charge is 1.00 e. The maximum absolute atomic E-state index is 11.8. The van der Waals surface area contributed by atoms with Crippen molar-refractivity contribution >= 4 is 43.8 Å². The largest absolute Gasteiger partial charge is 2.00 e. The molecule has 0 N–H and O–H groups in total. The van der Waals surface area contributed by atoms with E-state index in [1.54, 1.807) is 0 Å². The summed E-state index contributed by atoms with van der Waals surface area (Å²) in [7, 11) is 2.25. The molecule has 0 aliphatic carbocycles. The molecular formula is C6H13CaF4NO. The number of carbonyl (C=O) groups excluding carboxylic acids is 1. The Morgan fingerprint density at radius 2 is 1.69 bits per heavy atom. The molecule has 0 saturated heterocycles. The van der Waals surface area contributed by atoms with E-state index in [9.17, 15) is 17.6 Å². The van der Waals surface area contributed by atoms with E-state index in [1.165, 1.54) is 0 Å². The molecule has 13 heavy (non-hydrogen) atoms. The van der Waals surface area contributed by atoms with Crippen molar-refractivity contribution in [3.8, 4) is 0 Å². The molecule has 0 amide bonds. The summed E-state index contributed by atoms with van der Waals surface area (Å²) in [5.74, 6) is 0. The molecule has 0 spiro atoms. The summed E-state index contributed by atoms with van der Waals surface area (Å²) in [5.41, 5.74) is 0. The van der Waals surface area contributed by atoms with E-state index in [0.29, 0.717) is 4.90 Å². The van der Waals surface area contributed by atoms with Crippen LogP contribution in [0.2, 0.25) is 0 Å². The number of carbonyl (C=O) groups is 1. The molecule has 0 heterocycles. The molecule has 78 valence electrons. The van der Waals surface area contributed by atoms with Crippen molar-refractivity contribution in [3.63, 3.8) is 0 Å². The van der Waals surface area contributed by atoms with Gasteiger partial charge in [0.25, 0.3) is 6.04 Å². The summed E-state index contributed by atoms with van der Waals surface area (Å²) < 4.78 is 45.2. The first-order chi connectivity index (χ1) is 5.24. The molecule has 0 fully saturated rings. The Bertz CT molecular complexity index is 147. The van der Waals surface area contributed by atoms with E-state index < -0.39 is 18.8 Å². The minimum Gasteiger partial charge on any atom is -1.00 e. The van der Waals surface area contributed by atoms with Gasteiger partial charge >= 0.3 is 43.8 Å². The van der Waals surface area contributed by atoms with Crippen LogP contribution in [0.4, 0.5) is 17.6 Å². The Morgan fingerprint density at radius 3 is 1.69 bits per heavy atom. The second-order valence-electron chi connectivity index (χ2n) is 2.16. The van der Waals surface area contributed by atoms with Gasteiger partial charge in [-0.25, -0.2) is 9.29 Å². The fourth-order valence-electron chi connectivity index (χ4n) is 0.120. The van der Waals surface area contributed by atoms with Gasteiger partial charge in [-0.2, -0.15) is 13.2 Å². The maximum Gasteiger partial charge on any atom is 2.00 e. The van der Waals surface area contributed by atoms with Crippen LogP contribution < -0.4 is 0 Å². The van der Waals surface area contributed by atoms with Gasteiger partial charge in [-0.3, -0.25) is 4.79 Å². The van der Waals surface area contributed by atoms with Crippen LogP contribution in [0.25, 0.3) is 0 Å². The Balaban J connectivity index is -0.0000000424. The molecule has 0 radical (unpaired) electrons. The molecule has 0 aromatic heterocycles. The number of alkyl halides is 3. The molecule has 0 rings (SSSR count). The van der Waals surface area contributed by atoms with Crippen molar-refractivity contribution in [1.29, 1.82) is 0 Å². The van der Waals surface area contributed by atoms with Crippen LogP contribution in [0.1, 0.15) is 9.78 Å². The number of nitrogens with zero attached hydrogens (tertiary/aromatic N) is 1. The van der Waals surface area contributed by atoms with Crippen molar-refractivity contribution in [3.05, 3.63) is 0 Å². The maximum atomic E-state index is 11.8. The molecule has 0 aliphatic rings. The van der Waals surface area contributed by atoms with Gasteiger partial charge in [0, 0.05) is 6.92 Å². The van der Waals surface area contributed by atoms with Crippen molar-refractivity contribution in [2.75, 3.05) is 20.8 Å². The van der Waals surface area contributed by atoms with Crippen molar-refractivity contribution < 1.29 is 25.2 Å². The summed E-state index contributed by atoms with van der Waals surface area (Å²) in [6, 6.07) is -4.62. The molecule has 7 heteroatoms. The minimum atomic E-state index is -3.29.